The minimum absolute atomic E-state index is 0.108. The van der Waals surface area contributed by atoms with E-state index in [4.69, 9.17) is 5.10 Å². The van der Waals surface area contributed by atoms with E-state index < -0.39 is 0 Å². The average Bonchev–Trinajstić information content (AvgIpc) is 3.31. The molecule has 0 aromatic carbocycles. The maximum atomic E-state index is 12.8. The predicted molar refractivity (Wildman–Crippen MR) is 95.4 cm³/mol. The minimum atomic E-state index is -0.108. The Morgan fingerprint density at radius 1 is 1.30 bits per heavy atom. The lowest BCUT2D eigenvalue weighted by atomic mass is 10.0. The molecule has 1 aliphatic carbocycles. The molecule has 0 spiro atoms. The molecule has 3 aromatic heterocycles. The molecule has 5 rings (SSSR count). The van der Waals surface area contributed by atoms with E-state index in [-0.39, 0.29) is 5.91 Å². The smallest absolute Gasteiger partial charge is 0.274 e. The van der Waals surface area contributed by atoms with Gasteiger partial charge in [0.15, 0.2) is 5.82 Å². The molecule has 138 valence electrons. The summed E-state index contributed by atoms with van der Waals surface area (Å²) >= 11 is 0. The van der Waals surface area contributed by atoms with Crippen molar-refractivity contribution in [3.63, 3.8) is 0 Å². The van der Waals surface area contributed by atoms with E-state index in [0.717, 1.165) is 35.7 Å². The van der Waals surface area contributed by atoms with Gasteiger partial charge in [-0.25, -0.2) is 4.98 Å². The average molecular weight is 364 g/mol. The Kier molecular flexibility index (Phi) is 3.73. The van der Waals surface area contributed by atoms with Crippen LogP contribution in [-0.2, 0) is 26.6 Å². The molecule has 0 radical (unpaired) electrons. The Hall–Kier alpha value is -3.10. The van der Waals surface area contributed by atoms with Crippen LogP contribution in [0.3, 0.4) is 0 Å². The number of amides is 1. The summed E-state index contributed by atoms with van der Waals surface area (Å²) in [6.07, 6.45) is 9.67. The second-order valence-corrected chi connectivity index (χ2v) is 7.22. The fourth-order valence-electron chi connectivity index (χ4n) is 3.67. The first-order valence-electron chi connectivity index (χ1n) is 9.19. The maximum Gasteiger partial charge on any atom is 0.274 e. The van der Waals surface area contributed by atoms with Gasteiger partial charge in [-0.3, -0.25) is 14.5 Å². The van der Waals surface area contributed by atoms with E-state index in [1.54, 1.807) is 23.6 Å². The third kappa shape index (κ3) is 2.88. The summed E-state index contributed by atoms with van der Waals surface area (Å²) in [5.41, 5.74) is 3.38. The van der Waals surface area contributed by atoms with Crippen LogP contribution in [0.2, 0.25) is 0 Å². The van der Waals surface area contributed by atoms with Crippen molar-refractivity contribution in [1.29, 1.82) is 0 Å². The molecule has 0 N–H and O–H groups in total. The molecular formula is C18H20N8O. The topological polar surface area (TPSA) is 94.6 Å². The summed E-state index contributed by atoms with van der Waals surface area (Å²) < 4.78 is 3.99. The molecule has 3 aromatic rings. The van der Waals surface area contributed by atoms with Gasteiger partial charge >= 0.3 is 0 Å². The Morgan fingerprint density at radius 3 is 2.96 bits per heavy atom. The van der Waals surface area contributed by atoms with E-state index in [1.807, 2.05) is 11.7 Å². The molecule has 9 nitrogen and oxygen atoms in total. The SMILES string of the molecule is Cn1nc(-c2nncn2CC2CC2)c2c1CCN(C(=O)c1cnccn1)C2. The first-order chi connectivity index (χ1) is 13.2. The molecule has 1 amide bonds. The van der Waals surface area contributed by atoms with E-state index in [2.05, 4.69) is 24.7 Å². The lowest BCUT2D eigenvalue weighted by Crippen LogP contribution is -2.36. The number of aryl methyl sites for hydroxylation is 1. The highest BCUT2D eigenvalue weighted by atomic mass is 16.2. The van der Waals surface area contributed by atoms with E-state index in [0.29, 0.717) is 24.7 Å². The van der Waals surface area contributed by atoms with Crippen molar-refractivity contribution < 1.29 is 4.79 Å². The Balaban J connectivity index is 1.48. The van der Waals surface area contributed by atoms with Crippen LogP contribution in [0.25, 0.3) is 11.5 Å². The van der Waals surface area contributed by atoms with Crippen LogP contribution < -0.4 is 0 Å². The van der Waals surface area contributed by atoms with Gasteiger partial charge in [0, 0.05) is 50.2 Å². The van der Waals surface area contributed by atoms with Crippen LogP contribution in [0, 0.1) is 5.92 Å². The number of hydrogen-bond donors (Lipinski definition) is 0. The molecule has 0 bridgehead atoms. The molecule has 27 heavy (non-hydrogen) atoms. The number of carbonyl (C=O) groups excluding carboxylic acids is 1. The Labute approximate surface area is 156 Å². The van der Waals surface area contributed by atoms with Crippen molar-refractivity contribution in [3.05, 3.63) is 41.9 Å². The Morgan fingerprint density at radius 2 is 2.19 bits per heavy atom. The second-order valence-electron chi connectivity index (χ2n) is 7.22. The van der Waals surface area contributed by atoms with Crippen LogP contribution >= 0.6 is 0 Å². The summed E-state index contributed by atoms with van der Waals surface area (Å²) in [6.45, 7) is 2.05. The van der Waals surface area contributed by atoms with Crippen LogP contribution in [0.1, 0.15) is 34.6 Å². The lowest BCUT2D eigenvalue weighted by molar-refractivity contribution is 0.0727. The van der Waals surface area contributed by atoms with Crippen LogP contribution in [0.4, 0.5) is 0 Å². The highest BCUT2D eigenvalue weighted by Gasteiger charge is 2.31. The maximum absolute atomic E-state index is 12.8. The molecule has 0 unspecified atom stereocenters. The van der Waals surface area contributed by atoms with Gasteiger partial charge in [-0.15, -0.1) is 10.2 Å². The summed E-state index contributed by atoms with van der Waals surface area (Å²) in [7, 11) is 1.95. The second kappa shape index (κ2) is 6.26. The quantitative estimate of drug-likeness (QED) is 0.687. The number of aromatic nitrogens is 7. The summed E-state index contributed by atoms with van der Waals surface area (Å²) in [4.78, 5) is 22.7. The molecule has 9 heteroatoms. The molecule has 4 heterocycles. The Bertz CT molecular complexity index is 988. The monoisotopic (exact) mass is 364 g/mol. The highest BCUT2D eigenvalue weighted by molar-refractivity contribution is 5.92. The molecule has 0 atom stereocenters. The summed E-state index contributed by atoms with van der Waals surface area (Å²) in [5.74, 6) is 1.39. The van der Waals surface area contributed by atoms with Crippen LogP contribution in [-0.4, -0.2) is 51.9 Å². The van der Waals surface area contributed by atoms with Crippen molar-refractivity contribution in [2.75, 3.05) is 6.54 Å². The zero-order valence-electron chi connectivity index (χ0n) is 15.1. The highest BCUT2D eigenvalue weighted by Crippen LogP contribution is 2.33. The molecule has 0 saturated heterocycles. The third-order valence-electron chi connectivity index (χ3n) is 5.29. The molecular weight excluding hydrogens is 344 g/mol. The molecule has 1 saturated carbocycles. The number of hydrogen-bond acceptors (Lipinski definition) is 6. The summed E-state index contributed by atoms with van der Waals surface area (Å²) in [6, 6.07) is 0. The van der Waals surface area contributed by atoms with Crippen molar-refractivity contribution >= 4 is 5.91 Å². The minimum Gasteiger partial charge on any atom is -0.332 e. The van der Waals surface area contributed by atoms with Crippen LogP contribution in [0.5, 0.6) is 0 Å². The van der Waals surface area contributed by atoms with Gasteiger partial charge in [-0.05, 0) is 18.8 Å². The van der Waals surface area contributed by atoms with E-state index >= 15 is 0 Å². The van der Waals surface area contributed by atoms with Gasteiger partial charge in [0.2, 0.25) is 0 Å². The number of rotatable bonds is 4. The van der Waals surface area contributed by atoms with E-state index in [1.165, 1.54) is 19.0 Å². The number of fused-ring (bicyclic) bond motifs is 1. The normalized spacial score (nSPS) is 16.4. The molecule has 1 aliphatic heterocycles. The fourth-order valence-corrected chi connectivity index (χ4v) is 3.67. The predicted octanol–water partition coefficient (Wildman–Crippen LogP) is 1.08. The lowest BCUT2D eigenvalue weighted by Gasteiger charge is -2.27. The first-order valence-corrected chi connectivity index (χ1v) is 9.19. The van der Waals surface area contributed by atoms with Gasteiger partial charge in [-0.1, -0.05) is 0 Å². The van der Waals surface area contributed by atoms with Gasteiger partial charge < -0.3 is 9.47 Å². The largest absolute Gasteiger partial charge is 0.332 e. The zero-order chi connectivity index (χ0) is 18.4. The van der Waals surface area contributed by atoms with Gasteiger partial charge in [0.1, 0.15) is 17.7 Å². The fraction of sp³-hybridized carbons (Fsp3) is 0.444. The zero-order valence-corrected chi connectivity index (χ0v) is 15.1. The number of carbonyl (C=O) groups is 1. The number of nitrogens with zero attached hydrogens (tertiary/aromatic N) is 8. The van der Waals surface area contributed by atoms with Gasteiger partial charge in [-0.2, -0.15) is 5.10 Å². The first kappa shape index (κ1) is 16.1. The van der Waals surface area contributed by atoms with Crippen molar-refractivity contribution in [2.24, 2.45) is 13.0 Å². The van der Waals surface area contributed by atoms with Crippen LogP contribution in [0.15, 0.2) is 24.9 Å². The summed E-state index contributed by atoms with van der Waals surface area (Å²) in [5, 5.41) is 13.1. The van der Waals surface area contributed by atoms with Gasteiger partial charge in [0.05, 0.1) is 12.7 Å². The van der Waals surface area contributed by atoms with Crippen molar-refractivity contribution in [3.8, 4) is 11.5 Å². The van der Waals surface area contributed by atoms with Crippen molar-refractivity contribution in [2.45, 2.75) is 32.4 Å². The standard InChI is InChI=1S/C18H20N8O/c1-24-15-4-7-25(18(27)14-8-19-5-6-20-14)10-13(15)16(23-24)17-22-21-11-26(17)9-12-2-3-12/h5-6,8,11-12H,2-4,7,9-10H2,1H3. The third-order valence-corrected chi connectivity index (χ3v) is 5.29. The van der Waals surface area contributed by atoms with Gasteiger partial charge in [0.25, 0.3) is 5.91 Å². The molecule has 1 fully saturated rings. The van der Waals surface area contributed by atoms with Crippen molar-refractivity contribution in [1.82, 2.24) is 39.4 Å². The molecule has 2 aliphatic rings. The van der Waals surface area contributed by atoms with E-state index in [9.17, 15) is 4.79 Å².